The number of hydrogen-bond acceptors (Lipinski definition) is 2. The molecule has 1 atom stereocenters. The Bertz CT molecular complexity index is 494. The van der Waals surface area contributed by atoms with E-state index in [1.807, 2.05) is 11.8 Å². The number of nitrogens with two attached hydrogens (primary N) is 1. The molecule has 1 unspecified atom stereocenters. The Morgan fingerprint density at radius 3 is 3.00 bits per heavy atom. The van der Waals surface area contributed by atoms with Gasteiger partial charge in [-0.2, -0.15) is 0 Å². The summed E-state index contributed by atoms with van der Waals surface area (Å²) in [4.78, 5) is 0. The molecule has 104 valence electrons. The molecule has 1 heterocycles. The van der Waals surface area contributed by atoms with Crippen molar-refractivity contribution < 1.29 is 0 Å². The van der Waals surface area contributed by atoms with Crippen LogP contribution in [0.25, 0.3) is 0 Å². The van der Waals surface area contributed by atoms with Gasteiger partial charge in [0, 0.05) is 29.7 Å². The highest BCUT2D eigenvalue weighted by molar-refractivity contribution is 7.99. The third-order valence-electron chi connectivity index (χ3n) is 3.91. The standard InChI is InChI=1S/C16H24N2S/c1-5-7-19-8-6-18-12(2)9-13-14(17)10-16(3,4)11-15(13)18/h1,9,14H,6-8,10-11,17H2,2-4H3. The number of aromatic nitrogens is 1. The molecule has 19 heavy (non-hydrogen) atoms. The summed E-state index contributed by atoms with van der Waals surface area (Å²) in [5, 5.41) is 0. The fraction of sp³-hybridized carbons (Fsp3) is 0.625. The Morgan fingerprint density at radius 1 is 1.58 bits per heavy atom. The summed E-state index contributed by atoms with van der Waals surface area (Å²) in [6.07, 6.45) is 7.50. The minimum Gasteiger partial charge on any atom is -0.348 e. The number of fused-ring (bicyclic) bond motifs is 1. The van der Waals surface area contributed by atoms with Crippen LogP contribution in [0.2, 0.25) is 0 Å². The van der Waals surface area contributed by atoms with E-state index in [-0.39, 0.29) is 6.04 Å². The molecule has 1 aromatic heterocycles. The molecule has 0 bridgehead atoms. The Labute approximate surface area is 121 Å². The van der Waals surface area contributed by atoms with Gasteiger partial charge in [-0.15, -0.1) is 18.2 Å². The summed E-state index contributed by atoms with van der Waals surface area (Å²) < 4.78 is 2.44. The van der Waals surface area contributed by atoms with Crippen LogP contribution in [-0.2, 0) is 13.0 Å². The van der Waals surface area contributed by atoms with Crippen molar-refractivity contribution in [3.8, 4) is 12.3 Å². The first-order valence-electron chi connectivity index (χ1n) is 6.90. The van der Waals surface area contributed by atoms with Crippen molar-refractivity contribution in [3.05, 3.63) is 23.0 Å². The highest BCUT2D eigenvalue weighted by Crippen LogP contribution is 2.40. The van der Waals surface area contributed by atoms with E-state index < -0.39 is 0 Å². The van der Waals surface area contributed by atoms with Gasteiger partial charge in [0.1, 0.15) is 0 Å². The fourth-order valence-corrected chi connectivity index (χ4v) is 3.68. The van der Waals surface area contributed by atoms with Gasteiger partial charge in [0.15, 0.2) is 0 Å². The molecule has 0 spiro atoms. The van der Waals surface area contributed by atoms with Crippen LogP contribution in [0.15, 0.2) is 6.07 Å². The van der Waals surface area contributed by atoms with Gasteiger partial charge in [-0.3, -0.25) is 0 Å². The van der Waals surface area contributed by atoms with Gasteiger partial charge in [0.2, 0.25) is 0 Å². The van der Waals surface area contributed by atoms with Crippen molar-refractivity contribution in [2.24, 2.45) is 11.1 Å². The van der Waals surface area contributed by atoms with Crippen LogP contribution in [0.4, 0.5) is 0 Å². The minimum absolute atomic E-state index is 0.192. The molecular formula is C16H24N2S. The maximum absolute atomic E-state index is 6.34. The molecule has 1 aliphatic carbocycles. The third kappa shape index (κ3) is 3.19. The number of thioether (sulfide) groups is 1. The zero-order chi connectivity index (χ0) is 14.0. The highest BCUT2D eigenvalue weighted by Gasteiger charge is 2.33. The zero-order valence-corrected chi connectivity index (χ0v) is 13.0. The molecular weight excluding hydrogens is 252 g/mol. The normalized spacial score (nSPS) is 20.9. The van der Waals surface area contributed by atoms with Crippen LogP contribution < -0.4 is 5.73 Å². The molecule has 2 nitrogen and oxygen atoms in total. The van der Waals surface area contributed by atoms with Gasteiger partial charge >= 0.3 is 0 Å². The lowest BCUT2D eigenvalue weighted by atomic mass is 9.74. The predicted octanol–water partition coefficient (Wildman–Crippen LogP) is 3.14. The fourth-order valence-electron chi connectivity index (χ4n) is 3.10. The van der Waals surface area contributed by atoms with Crippen molar-refractivity contribution in [2.45, 2.75) is 46.2 Å². The average Bonchev–Trinajstić information content (AvgIpc) is 2.61. The summed E-state index contributed by atoms with van der Waals surface area (Å²) in [7, 11) is 0. The maximum atomic E-state index is 6.34. The van der Waals surface area contributed by atoms with Crippen LogP contribution in [0.1, 0.15) is 43.3 Å². The molecule has 0 fully saturated rings. The van der Waals surface area contributed by atoms with E-state index >= 15 is 0 Å². The van der Waals surface area contributed by atoms with Crippen molar-refractivity contribution in [3.63, 3.8) is 0 Å². The summed E-state index contributed by atoms with van der Waals surface area (Å²) in [5.74, 6) is 4.55. The van der Waals surface area contributed by atoms with E-state index in [1.54, 1.807) is 0 Å². The van der Waals surface area contributed by atoms with E-state index in [9.17, 15) is 0 Å². The van der Waals surface area contributed by atoms with Crippen LogP contribution >= 0.6 is 11.8 Å². The highest BCUT2D eigenvalue weighted by atomic mass is 32.2. The van der Waals surface area contributed by atoms with Gasteiger partial charge in [0.05, 0.1) is 5.75 Å². The van der Waals surface area contributed by atoms with E-state index in [0.717, 1.165) is 30.9 Å². The third-order valence-corrected chi connectivity index (χ3v) is 4.75. The first-order valence-corrected chi connectivity index (χ1v) is 8.06. The van der Waals surface area contributed by atoms with Gasteiger partial charge in [0.25, 0.3) is 0 Å². The Hall–Kier alpha value is -0.850. The Balaban J connectivity index is 2.19. The predicted molar refractivity (Wildman–Crippen MR) is 84.4 cm³/mol. The quantitative estimate of drug-likeness (QED) is 0.676. The van der Waals surface area contributed by atoms with E-state index in [4.69, 9.17) is 12.2 Å². The number of rotatable bonds is 4. The molecule has 1 aliphatic rings. The SMILES string of the molecule is C#CCSCCn1c(C)cc2c1CC(C)(C)CC2N. The van der Waals surface area contributed by atoms with Crippen molar-refractivity contribution in [1.82, 2.24) is 4.57 Å². The lowest BCUT2D eigenvalue weighted by Crippen LogP contribution is -2.30. The molecule has 0 amide bonds. The number of hydrogen-bond donors (Lipinski definition) is 1. The lowest BCUT2D eigenvalue weighted by Gasteiger charge is -2.34. The molecule has 0 saturated carbocycles. The maximum Gasteiger partial charge on any atom is 0.0545 e. The minimum atomic E-state index is 0.192. The van der Waals surface area contributed by atoms with Crippen LogP contribution in [0.3, 0.4) is 0 Å². The van der Waals surface area contributed by atoms with Gasteiger partial charge < -0.3 is 10.3 Å². The van der Waals surface area contributed by atoms with E-state index in [2.05, 4.69) is 37.3 Å². The van der Waals surface area contributed by atoms with Gasteiger partial charge in [-0.1, -0.05) is 19.8 Å². The number of terminal acetylenes is 1. The number of aryl methyl sites for hydroxylation is 1. The molecule has 0 aromatic carbocycles. The summed E-state index contributed by atoms with van der Waals surface area (Å²) in [6, 6.07) is 2.47. The number of nitrogens with zero attached hydrogens (tertiary/aromatic N) is 1. The molecule has 2 rings (SSSR count). The summed E-state index contributed by atoms with van der Waals surface area (Å²) in [5.41, 5.74) is 10.8. The van der Waals surface area contributed by atoms with E-state index in [1.165, 1.54) is 17.0 Å². The zero-order valence-electron chi connectivity index (χ0n) is 12.2. The van der Waals surface area contributed by atoms with Gasteiger partial charge in [-0.25, -0.2) is 0 Å². The first-order chi connectivity index (χ1) is 8.94. The second kappa shape index (κ2) is 5.64. The monoisotopic (exact) mass is 276 g/mol. The largest absolute Gasteiger partial charge is 0.348 e. The van der Waals surface area contributed by atoms with Crippen LogP contribution in [0, 0.1) is 24.7 Å². The summed E-state index contributed by atoms with van der Waals surface area (Å²) in [6.45, 7) is 7.85. The smallest absolute Gasteiger partial charge is 0.0545 e. The lowest BCUT2D eigenvalue weighted by molar-refractivity contribution is 0.275. The Kier molecular flexibility index (Phi) is 4.32. The molecule has 0 saturated heterocycles. The topological polar surface area (TPSA) is 30.9 Å². The Morgan fingerprint density at radius 2 is 2.32 bits per heavy atom. The molecule has 2 N–H and O–H groups in total. The van der Waals surface area contributed by atoms with Crippen molar-refractivity contribution >= 4 is 11.8 Å². The van der Waals surface area contributed by atoms with Crippen molar-refractivity contribution in [2.75, 3.05) is 11.5 Å². The summed E-state index contributed by atoms with van der Waals surface area (Å²) >= 11 is 1.82. The van der Waals surface area contributed by atoms with Crippen LogP contribution in [0.5, 0.6) is 0 Å². The van der Waals surface area contributed by atoms with Gasteiger partial charge in [-0.05, 0) is 36.8 Å². The van der Waals surface area contributed by atoms with Crippen molar-refractivity contribution in [1.29, 1.82) is 0 Å². The second-order valence-electron chi connectivity index (χ2n) is 6.25. The van der Waals surface area contributed by atoms with E-state index in [0.29, 0.717) is 5.41 Å². The van der Waals surface area contributed by atoms with Crippen LogP contribution in [-0.4, -0.2) is 16.1 Å². The molecule has 0 aliphatic heterocycles. The molecule has 1 aromatic rings. The first kappa shape index (κ1) is 14.6. The second-order valence-corrected chi connectivity index (χ2v) is 7.35. The molecule has 0 radical (unpaired) electrons. The molecule has 3 heteroatoms. The average molecular weight is 276 g/mol.